The van der Waals surface area contributed by atoms with Crippen molar-refractivity contribution in [1.29, 1.82) is 0 Å². The molecule has 1 saturated heterocycles. The molecule has 0 atom stereocenters. The lowest BCUT2D eigenvalue weighted by Gasteiger charge is -2.36. The summed E-state index contributed by atoms with van der Waals surface area (Å²) in [4.78, 5) is 16.3. The summed E-state index contributed by atoms with van der Waals surface area (Å²) >= 11 is 1.63. The van der Waals surface area contributed by atoms with Crippen LogP contribution in [0.3, 0.4) is 0 Å². The number of thioether (sulfide) groups is 1. The minimum atomic E-state index is 0.250. The van der Waals surface area contributed by atoms with Crippen LogP contribution < -0.4 is 4.90 Å². The minimum absolute atomic E-state index is 0.250. The SMILES string of the molecule is C=CCSCC(=O)N1CCN(c2ccccc2)CC1. The van der Waals surface area contributed by atoms with Crippen LogP contribution in [-0.2, 0) is 4.79 Å². The summed E-state index contributed by atoms with van der Waals surface area (Å²) in [6.07, 6.45) is 1.84. The second-order valence-electron chi connectivity index (χ2n) is 4.51. The lowest BCUT2D eigenvalue weighted by Crippen LogP contribution is -2.49. The zero-order chi connectivity index (χ0) is 13.5. The number of piperazine rings is 1. The highest BCUT2D eigenvalue weighted by atomic mass is 32.2. The van der Waals surface area contributed by atoms with Gasteiger partial charge in [0.1, 0.15) is 0 Å². The van der Waals surface area contributed by atoms with E-state index in [0.29, 0.717) is 5.75 Å². The van der Waals surface area contributed by atoms with Crippen molar-refractivity contribution < 1.29 is 4.79 Å². The molecule has 0 unspecified atom stereocenters. The van der Waals surface area contributed by atoms with Crippen LogP contribution in [-0.4, -0.2) is 48.5 Å². The normalized spacial score (nSPS) is 15.4. The Balaban J connectivity index is 1.79. The van der Waals surface area contributed by atoms with Crippen LogP contribution in [0, 0.1) is 0 Å². The molecule has 1 amide bonds. The van der Waals surface area contributed by atoms with E-state index in [4.69, 9.17) is 0 Å². The summed E-state index contributed by atoms with van der Waals surface area (Å²) in [6.45, 7) is 7.14. The summed E-state index contributed by atoms with van der Waals surface area (Å²) in [5.74, 6) is 1.66. The summed E-state index contributed by atoms with van der Waals surface area (Å²) in [7, 11) is 0. The van der Waals surface area contributed by atoms with Gasteiger partial charge in [-0.25, -0.2) is 0 Å². The molecule has 19 heavy (non-hydrogen) atoms. The summed E-state index contributed by atoms with van der Waals surface area (Å²) in [6, 6.07) is 10.4. The number of para-hydroxylation sites is 1. The fourth-order valence-electron chi connectivity index (χ4n) is 2.17. The molecule has 3 nitrogen and oxygen atoms in total. The Morgan fingerprint density at radius 2 is 1.89 bits per heavy atom. The third kappa shape index (κ3) is 4.03. The molecule has 0 saturated carbocycles. The van der Waals surface area contributed by atoms with Gasteiger partial charge in [0.15, 0.2) is 0 Å². The van der Waals surface area contributed by atoms with Crippen LogP contribution in [0.5, 0.6) is 0 Å². The number of amides is 1. The van der Waals surface area contributed by atoms with Crippen molar-refractivity contribution in [3.8, 4) is 0 Å². The number of hydrogen-bond acceptors (Lipinski definition) is 3. The molecule has 0 aliphatic carbocycles. The first-order chi connectivity index (χ1) is 9.31. The van der Waals surface area contributed by atoms with E-state index in [2.05, 4.69) is 35.7 Å². The van der Waals surface area contributed by atoms with Crippen LogP contribution in [0.15, 0.2) is 43.0 Å². The van der Waals surface area contributed by atoms with Crippen LogP contribution in [0.2, 0.25) is 0 Å². The highest BCUT2D eigenvalue weighted by Gasteiger charge is 2.20. The van der Waals surface area contributed by atoms with Crippen molar-refractivity contribution >= 4 is 23.4 Å². The summed E-state index contributed by atoms with van der Waals surface area (Å²) in [5, 5.41) is 0. The number of hydrogen-bond donors (Lipinski definition) is 0. The summed E-state index contributed by atoms with van der Waals surface area (Å²) < 4.78 is 0. The first-order valence-electron chi connectivity index (χ1n) is 6.57. The van der Waals surface area contributed by atoms with Gasteiger partial charge in [-0.05, 0) is 12.1 Å². The molecule has 1 heterocycles. The van der Waals surface area contributed by atoms with Gasteiger partial charge >= 0.3 is 0 Å². The topological polar surface area (TPSA) is 23.6 Å². The standard InChI is InChI=1S/C15H20N2OS/c1-2-12-19-13-15(18)17-10-8-16(9-11-17)14-6-4-3-5-7-14/h2-7H,1,8-13H2. The number of nitrogens with zero attached hydrogens (tertiary/aromatic N) is 2. The molecule has 1 aromatic rings. The van der Waals surface area contributed by atoms with Gasteiger partial charge in [-0.15, -0.1) is 18.3 Å². The molecule has 2 rings (SSSR count). The van der Waals surface area contributed by atoms with Crippen molar-refractivity contribution in [2.45, 2.75) is 0 Å². The zero-order valence-electron chi connectivity index (χ0n) is 11.1. The van der Waals surface area contributed by atoms with Gasteiger partial charge in [-0.3, -0.25) is 4.79 Å². The van der Waals surface area contributed by atoms with E-state index in [9.17, 15) is 4.79 Å². The molecule has 1 aromatic carbocycles. The Labute approximate surface area is 119 Å². The number of carbonyl (C=O) groups excluding carboxylic acids is 1. The third-order valence-corrected chi connectivity index (χ3v) is 4.14. The van der Waals surface area contributed by atoms with E-state index in [1.54, 1.807) is 11.8 Å². The molecular weight excluding hydrogens is 256 g/mol. The lowest BCUT2D eigenvalue weighted by molar-refractivity contribution is -0.128. The zero-order valence-corrected chi connectivity index (χ0v) is 11.9. The maximum absolute atomic E-state index is 12.0. The highest BCUT2D eigenvalue weighted by molar-refractivity contribution is 8.00. The van der Waals surface area contributed by atoms with E-state index < -0.39 is 0 Å². The number of anilines is 1. The van der Waals surface area contributed by atoms with Gasteiger partial charge < -0.3 is 9.80 Å². The van der Waals surface area contributed by atoms with Crippen LogP contribution in [0.25, 0.3) is 0 Å². The molecule has 0 N–H and O–H groups in total. The largest absolute Gasteiger partial charge is 0.368 e. The molecule has 0 radical (unpaired) electrons. The molecule has 1 aliphatic rings. The molecule has 0 bridgehead atoms. The number of carbonyl (C=O) groups is 1. The minimum Gasteiger partial charge on any atom is -0.368 e. The van der Waals surface area contributed by atoms with E-state index in [-0.39, 0.29) is 5.91 Å². The van der Waals surface area contributed by atoms with E-state index in [1.807, 2.05) is 17.0 Å². The number of rotatable bonds is 5. The predicted octanol–water partition coefficient (Wildman–Crippen LogP) is 2.25. The van der Waals surface area contributed by atoms with Gasteiger partial charge in [0, 0.05) is 37.6 Å². The predicted molar refractivity (Wildman–Crippen MR) is 82.8 cm³/mol. The van der Waals surface area contributed by atoms with Gasteiger partial charge in [-0.1, -0.05) is 24.3 Å². The third-order valence-electron chi connectivity index (χ3n) is 3.21. The monoisotopic (exact) mass is 276 g/mol. The Bertz CT molecular complexity index is 413. The summed E-state index contributed by atoms with van der Waals surface area (Å²) in [5.41, 5.74) is 1.25. The maximum atomic E-state index is 12.0. The fourth-order valence-corrected chi connectivity index (χ4v) is 2.82. The smallest absolute Gasteiger partial charge is 0.232 e. The van der Waals surface area contributed by atoms with Gasteiger partial charge in [0.05, 0.1) is 5.75 Å². The average Bonchev–Trinajstić information content (AvgIpc) is 2.48. The van der Waals surface area contributed by atoms with Crippen LogP contribution in [0.4, 0.5) is 5.69 Å². The van der Waals surface area contributed by atoms with Crippen molar-refractivity contribution in [1.82, 2.24) is 4.90 Å². The molecular formula is C15H20N2OS. The lowest BCUT2D eigenvalue weighted by atomic mass is 10.2. The van der Waals surface area contributed by atoms with Crippen molar-refractivity contribution in [3.63, 3.8) is 0 Å². The highest BCUT2D eigenvalue weighted by Crippen LogP contribution is 2.16. The Kier molecular flexibility index (Phi) is 5.33. The van der Waals surface area contributed by atoms with Gasteiger partial charge in [0.2, 0.25) is 5.91 Å². The van der Waals surface area contributed by atoms with E-state index >= 15 is 0 Å². The maximum Gasteiger partial charge on any atom is 0.232 e. The average molecular weight is 276 g/mol. The Morgan fingerprint density at radius 1 is 1.21 bits per heavy atom. The number of benzene rings is 1. The molecule has 0 spiro atoms. The molecule has 0 aromatic heterocycles. The van der Waals surface area contributed by atoms with Crippen LogP contribution >= 0.6 is 11.8 Å². The first kappa shape index (κ1) is 14.0. The molecule has 1 fully saturated rings. The van der Waals surface area contributed by atoms with Gasteiger partial charge in [-0.2, -0.15) is 0 Å². The van der Waals surface area contributed by atoms with Crippen molar-refractivity contribution in [3.05, 3.63) is 43.0 Å². The van der Waals surface area contributed by atoms with E-state index in [1.165, 1.54) is 5.69 Å². The van der Waals surface area contributed by atoms with Crippen molar-refractivity contribution in [2.24, 2.45) is 0 Å². The molecule has 102 valence electrons. The molecule has 4 heteroatoms. The Hall–Kier alpha value is -1.42. The first-order valence-corrected chi connectivity index (χ1v) is 7.73. The Morgan fingerprint density at radius 3 is 2.53 bits per heavy atom. The second kappa shape index (κ2) is 7.24. The quantitative estimate of drug-likeness (QED) is 0.609. The molecule has 1 aliphatic heterocycles. The second-order valence-corrected chi connectivity index (χ2v) is 5.54. The van der Waals surface area contributed by atoms with E-state index in [0.717, 1.165) is 31.9 Å². The van der Waals surface area contributed by atoms with Gasteiger partial charge in [0.25, 0.3) is 0 Å². The fraction of sp³-hybridized carbons (Fsp3) is 0.400. The van der Waals surface area contributed by atoms with Crippen LogP contribution in [0.1, 0.15) is 0 Å². The van der Waals surface area contributed by atoms with Crippen molar-refractivity contribution in [2.75, 3.05) is 42.6 Å².